The first kappa shape index (κ1) is 22.4. The van der Waals surface area contributed by atoms with Gasteiger partial charge in [0.25, 0.3) is 5.91 Å². The summed E-state index contributed by atoms with van der Waals surface area (Å²) in [6, 6.07) is 3.03. The maximum absolute atomic E-state index is 13.2. The Morgan fingerprint density at radius 1 is 1.03 bits per heavy atom. The summed E-state index contributed by atoms with van der Waals surface area (Å²) in [5.41, 5.74) is 2.77. The Kier molecular flexibility index (Phi) is 6.13. The molecule has 0 aliphatic heterocycles. The molecule has 0 radical (unpaired) electrons. The summed E-state index contributed by atoms with van der Waals surface area (Å²) in [6.45, 7) is 4.33. The average Bonchev–Trinajstić information content (AvgIpc) is 2.82. The molecule has 1 atom stereocenters. The largest absolute Gasteiger partial charge is 0.493 e. The van der Waals surface area contributed by atoms with Gasteiger partial charge in [-0.25, -0.2) is 15.0 Å². The van der Waals surface area contributed by atoms with Gasteiger partial charge in [-0.1, -0.05) is 13.8 Å². The van der Waals surface area contributed by atoms with Crippen molar-refractivity contribution in [2.24, 2.45) is 5.41 Å². The van der Waals surface area contributed by atoms with E-state index < -0.39 is 0 Å². The van der Waals surface area contributed by atoms with Crippen molar-refractivity contribution < 1.29 is 19.0 Å². The van der Waals surface area contributed by atoms with E-state index in [1.165, 1.54) is 21.3 Å². The third-order valence-electron chi connectivity index (χ3n) is 5.70. The van der Waals surface area contributed by atoms with Crippen LogP contribution in [0, 0.1) is 5.41 Å². The predicted octanol–water partition coefficient (Wildman–Crippen LogP) is 3.40. The minimum absolute atomic E-state index is 0.0613. The molecule has 4 rings (SSSR count). The third-order valence-corrected chi connectivity index (χ3v) is 5.70. The van der Waals surface area contributed by atoms with Gasteiger partial charge in [0.1, 0.15) is 5.69 Å². The van der Waals surface area contributed by atoms with Crippen LogP contribution in [0.3, 0.4) is 0 Å². The quantitative estimate of drug-likeness (QED) is 0.610. The Bertz CT molecular complexity index is 1140. The van der Waals surface area contributed by atoms with Crippen molar-refractivity contribution in [3.63, 3.8) is 0 Å². The second-order valence-electron chi connectivity index (χ2n) is 8.67. The van der Waals surface area contributed by atoms with Crippen LogP contribution in [0.5, 0.6) is 17.2 Å². The van der Waals surface area contributed by atoms with Crippen LogP contribution in [0.2, 0.25) is 0 Å². The zero-order valence-electron chi connectivity index (χ0n) is 19.4. The van der Waals surface area contributed by atoms with E-state index in [1.54, 1.807) is 36.9 Å². The van der Waals surface area contributed by atoms with Gasteiger partial charge in [0.05, 0.1) is 39.3 Å². The molecule has 1 aromatic carbocycles. The smallest absolute Gasteiger partial charge is 0.252 e. The highest BCUT2D eigenvalue weighted by Gasteiger charge is 2.35. The molecule has 2 heterocycles. The molecule has 9 nitrogen and oxygen atoms in total. The zero-order valence-corrected chi connectivity index (χ0v) is 19.4. The van der Waals surface area contributed by atoms with Crippen molar-refractivity contribution in [3.05, 3.63) is 53.7 Å². The zero-order chi connectivity index (χ0) is 23.6. The van der Waals surface area contributed by atoms with Gasteiger partial charge in [0.15, 0.2) is 17.3 Å². The summed E-state index contributed by atoms with van der Waals surface area (Å²) in [4.78, 5) is 30.9. The first-order valence-corrected chi connectivity index (χ1v) is 10.6. The van der Waals surface area contributed by atoms with Crippen LogP contribution < -0.4 is 19.5 Å². The Morgan fingerprint density at radius 3 is 2.36 bits per heavy atom. The minimum Gasteiger partial charge on any atom is -0.493 e. The van der Waals surface area contributed by atoms with Gasteiger partial charge < -0.3 is 19.5 Å². The monoisotopic (exact) mass is 449 g/mol. The summed E-state index contributed by atoms with van der Waals surface area (Å²) in [5, 5.41) is 3.15. The van der Waals surface area contributed by atoms with Crippen molar-refractivity contribution in [2.45, 2.75) is 32.7 Å². The molecule has 1 unspecified atom stereocenters. The van der Waals surface area contributed by atoms with E-state index in [4.69, 9.17) is 19.2 Å². The van der Waals surface area contributed by atoms with Gasteiger partial charge in [0.2, 0.25) is 5.75 Å². The maximum atomic E-state index is 13.2. The number of rotatable bonds is 6. The van der Waals surface area contributed by atoms with Gasteiger partial charge in [-0.05, 0) is 30.4 Å². The number of aromatic nitrogens is 4. The molecule has 1 N–H and O–H groups in total. The maximum Gasteiger partial charge on any atom is 0.252 e. The van der Waals surface area contributed by atoms with E-state index in [2.05, 4.69) is 34.1 Å². The van der Waals surface area contributed by atoms with E-state index in [0.29, 0.717) is 34.3 Å². The fraction of sp³-hybridized carbons (Fsp3) is 0.375. The van der Waals surface area contributed by atoms with E-state index in [-0.39, 0.29) is 17.4 Å². The van der Waals surface area contributed by atoms with Crippen LogP contribution >= 0.6 is 0 Å². The van der Waals surface area contributed by atoms with Crippen LogP contribution in [0.1, 0.15) is 47.9 Å². The highest BCUT2D eigenvalue weighted by atomic mass is 16.5. The fourth-order valence-corrected chi connectivity index (χ4v) is 4.17. The highest BCUT2D eigenvalue weighted by Crippen LogP contribution is 2.41. The molecule has 2 aromatic heterocycles. The number of nitrogens with zero attached hydrogens (tertiary/aromatic N) is 4. The Morgan fingerprint density at radius 2 is 1.76 bits per heavy atom. The SMILES string of the molecule is COc1cc(C(=O)NC2CC(C)(C)Cc3nc(-c4cnccn4)ncc32)cc(OC)c1OC. The molecule has 3 aromatic rings. The number of carbonyl (C=O) groups is 1. The number of nitrogens with one attached hydrogen (secondary N) is 1. The second-order valence-corrected chi connectivity index (χ2v) is 8.67. The summed E-state index contributed by atoms with van der Waals surface area (Å²) < 4.78 is 16.1. The van der Waals surface area contributed by atoms with Crippen LogP contribution in [0.15, 0.2) is 36.9 Å². The van der Waals surface area contributed by atoms with E-state index in [0.717, 1.165) is 24.1 Å². The lowest BCUT2D eigenvalue weighted by atomic mass is 9.74. The third kappa shape index (κ3) is 4.57. The summed E-state index contributed by atoms with van der Waals surface area (Å²) in [7, 11) is 4.56. The van der Waals surface area contributed by atoms with Crippen molar-refractivity contribution in [1.82, 2.24) is 25.3 Å². The summed E-state index contributed by atoms with van der Waals surface area (Å²) in [5.74, 6) is 1.55. The lowest BCUT2D eigenvalue weighted by molar-refractivity contribution is 0.0918. The number of benzene rings is 1. The molecule has 9 heteroatoms. The number of carbonyl (C=O) groups excluding carboxylic acids is 1. The standard InChI is InChI=1S/C24H27N5O4/c1-24(2)10-16-15(12-27-22(28-16)18-13-25-6-7-26-18)17(11-24)29-23(30)14-8-19(31-3)21(33-5)20(9-14)32-4/h6-9,12-13,17H,10-11H2,1-5H3,(H,29,30). The van der Waals surface area contributed by atoms with E-state index >= 15 is 0 Å². The number of hydrogen-bond donors (Lipinski definition) is 1. The molecular weight excluding hydrogens is 422 g/mol. The number of hydrogen-bond acceptors (Lipinski definition) is 8. The molecule has 0 saturated carbocycles. The van der Waals surface area contributed by atoms with Gasteiger partial charge in [-0.15, -0.1) is 0 Å². The van der Waals surface area contributed by atoms with Crippen molar-refractivity contribution >= 4 is 5.91 Å². The van der Waals surface area contributed by atoms with Crippen LogP contribution in [0.4, 0.5) is 0 Å². The second kappa shape index (κ2) is 9.01. The minimum atomic E-state index is -0.249. The molecular formula is C24H27N5O4. The van der Waals surface area contributed by atoms with Gasteiger partial charge in [-0.2, -0.15) is 0 Å². The lowest BCUT2D eigenvalue weighted by Crippen LogP contribution is -2.37. The van der Waals surface area contributed by atoms with Crippen LogP contribution in [-0.2, 0) is 6.42 Å². The molecule has 1 amide bonds. The number of ether oxygens (including phenoxy) is 3. The normalized spacial score (nSPS) is 16.5. The first-order valence-electron chi connectivity index (χ1n) is 10.6. The number of fused-ring (bicyclic) bond motifs is 1. The number of amides is 1. The molecule has 0 saturated heterocycles. The van der Waals surface area contributed by atoms with E-state index in [1.807, 2.05) is 0 Å². The van der Waals surface area contributed by atoms with Crippen molar-refractivity contribution in [2.75, 3.05) is 21.3 Å². The molecule has 33 heavy (non-hydrogen) atoms. The molecule has 1 aliphatic rings. The highest BCUT2D eigenvalue weighted by molar-refractivity contribution is 5.96. The van der Waals surface area contributed by atoms with Crippen molar-refractivity contribution in [3.8, 4) is 28.8 Å². The van der Waals surface area contributed by atoms with Gasteiger partial charge >= 0.3 is 0 Å². The van der Waals surface area contributed by atoms with Gasteiger partial charge in [0, 0.05) is 29.7 Å². The topological polar surface area (TPSA) is 108 Å². The Hall–Kier alpha value is -3.75. The van der Waals surface area contributed by atoms with Gasteiger partial charge in [-0.3, -0.25) is 9.78 Å². The van der Waals surface area contributed by atoms with Crippen LogP contribution in [0.25, 0.3) is 11.5 Å². The fourth-order valence-electron chi connectivity index (χ4n) is 4.17. The van der Waals surface area contributed by atoms with Crippen molar-refractivity contribution in [1.29, 1.82) is 0 Å². The molecule has 1 aliphatic carbocycles. The Labute approximate surface area is 192 Å². The summed E-state index contributed by atoms with van der Waals surface area (Å²) >= 11 is 0. The molecule has 0 spiro atoms. The predicted molar refractivity (Wildman–Crippen MR) is 121 cm³/mol. The lowest BCUT2D eigenvalue weighted by Gasteiger charge is -2.36. The molecule has 0 fully saturated rings. The molecule has 0 bridgehead atoms. The summed E-state index contributed by atoms with van der Waals surface area (Å²) in [6.07, 6.45) is 8.17. The first-order chi connectivity index (χ1) is 15.8. The molecule has 172 valence electrons. The van der Waals surface area contributed by atoms with Crippen LogP contribution in [-0.4, -0.2) is 47.2 Å². The number of methoxy groups -OCH3 is 3. The average molecular weight is 450 g/mol. The van der Waals surface area contributed by atoms with E-state index in [9.17, 15) is 4.79 Å². The Balaban J connectivity index is 1.66.